The molecular formula is C16H21Cl3N4O3S. The van der Waals surface area contributed by atoms with Crippen molar-refractivity contribution in [2.24, 2.45) is 0 Å². The Kier molecular flexibility index (Phi) is 9.38. The molecular weight excluding hydrogens is 435 g/mol. The molecule has 2 amide bonds. The van der Waals surface area contributed by atoms with Crippen molar-refractivity contribution < 1.29 is 14.3 Å². The maximum Gasteiger partial charge on any atom is 0.337 e. The fraction of sp³-hybridized carbons (Fsp3) is 0.438. The number of benzene rings is 1. The number of rotatable bonds is 6. The SMILES string of the molecule is CCN(CC)C(=O)N[C@@H](NC(=S)Nc1ccc(C(=O)OC)cc1)C(Cl)(Cl)Cl. The number of nitrogens with zero attached hydrogens (tertiary/aromatic N) is 1. The summed E-state index contributed by atoms with van der Waals surface area (Å²) in [5.41, 5.74) is 0.992. The number of carbonyl (C=O) groups excluding carboxylic acids is 2. The third-order valence-electron chi connectivity index (χ3n) is 3.49. The van der Waals surface area contributed by atoms with E-state index in [1.54, 1.807) is 24.3 Å². The molecule has 0 spiro atoms. The van der Waals surface area contributed by atoms with Crippen LogP contribution in [-0.2, 0) is 4.74 Å². The molecule has 0 aliphatic carbocycles. The van der Waals surface area contributed by atoms with Crippen LogP contribution in [0.2, 0.25) is 0 Å². The van der Waals surface area contributed by atoms with Crippen LogP contribution in [0, 0.1) is 0 Å². The summed E-state index contributed by atoms with van der Waals surface area (Å²) in [7, 11) is 1.30. The number of hydrogen-bond donors (Lipinski definition) is 3. The number of esters is 1. The van der Waals surface area contributed by atoms with Gasteiger partial charge in [0.1, 0.15) is 0 Å². The number of halogens is 3. The van der Waals surface area contributed by atoms with E-state index in [4.69, 9.17) is 47.0 Å². The average molecular weight is 456 g/mol. The number of ether oxygens (including phenoxy) is 1. The lowest BCUT2D eigenvalue weighted by Gasteiger charge is -2.30. The van der Waals surface area contributed by atoms with Crippen LogP contribution in [-0.4, -0.2) is 52.2 Å². The van der Waals surface area contributed by atoms with Gasteiger partial charge in [0, 0.05) is 18.8 Å². The van der Waals surface area contributed by atoms with Crippen LogP contribution in [0.1, 0.15) is 24.2 Å². The third kappa shape index (κ3) is 7.57. The zero-order chi connectivity index (χ0) is 20.6. The Bertz CT molecular complexity index is 664. The molecule has 0 saturated heterocycles. The minimum atomic E-state index is -1.84. The number of amides is 2. The van der Waals surface area contributed by atoms with Gasteiger partial charge in [-0.1, -0.05) is 34.8 Å². The molecule has 0 unspecified atom stereocenters. The highest BCUT2D eigenvalue weighted by Crippen LogP contribution is 2.29. The lowest BCUT2D eigenvalue weighted by atomic mass is 10.2. The zero-order valence-electron chi connectivity index (χ0n) is 15.0. The molecule has 0 aliphatic heterocycles. The molecule has 11 heteroatoms. The van der Waals surface area contributed by atoms with Gasteiger partial charge in [0.2, 0.25) is 3.79 Å². The molecule has 7 nitrogen and oxygen atoms in total. The molecule has 0 bridgehead atoms. The molecule has 1 aromatic rings. The smallest absolute Gasteiger partial charge is 0.337 e. The predicted octanol–water partition coefficient (Wildman–Crippen LogP) is 3.51. The second-order valence-corrected chi connectivity index (χ2v) is 8.04. The number of alkyl halides is 3. The first kappa shape index (κ1) is 23.6. The van der Waals surface area contributed by atoms with Crippen LogP contribution in [0.15, 0.2) is 24.3 Å². The predicted molar refractivity (Wildman–Crippen MR) is 113 cm³/mol. The van der Waals surface area contributed by atoms with Crippen molar-refractivity contribution in [3.63, 3.8) is 0 Å². The Labute approximate surface area is 178 Å². The first-order chi connectivity index (χ1) is 12.6. The summed E-state index contributed by atoms with van der Waals surface area (Å²) < 4.78 is 2.79. The number of methoxy groups -OCH3 is 1. The Morgan fingerprint density at radius 2 is 1.70 bits per heavy atom. The highest BCUT2D eigenvalue weighted by Gasteiger charge is 2.35. The van der Waals surface area contributed by atoms with Crippen molar-refractivity contribution in [3.8, 4) is 0 Å². The van der Waals surface area contributed by atoms with Crippen molar-refractivity contribution in [1.29, 1.82) is 0 Å². The van der Waals surface area contributed by atoms with E-state index in [-0.39, 0.29) is 5.11 Å². The minimum absolute atomic E-state index is 0.122. The van der Waals surface area contributed by atoms with Crippen molar-refractivity contribution in [2.75, 3.05) is 25.5 Å². The van der Waals surface area contributed by atoms with E-state index in [0.717, 1.165) is 0 Å². The normalized spacial score (nSPS) is 11.9. The molecule has 0 aromatic heterocycles. The first-order valence-electron chi connectivity index (χ1n) is 8.00. The van der Waals surface area contributed by atoms with E-state index in [1.807, 2.05) is 13.8 Å². The molecule has 3 N–H and O–H groups in total. The standard InChI is InChI=1S/C16H21Cl3N4O3S/c1-4-23(5-2)15(25)22-13(16(17,18)19)21-14(27)20-11-8-6-10(7-9-11)12(24)26-3/h6-9,13H,4-5H2,1-3H3,(H,22,25)(H2,20,21,27)/t13-/m1/s1. The molecule has 150 valence electrons. The number of anilines is 1. The van der Waals surface area contributed by atoms with E-state index < -0.39 is 22.0 Å². The monoisotopic (exact) mass is 454 g/mol. The van der Waals surface area contributed by atoms with Gasteiger partial charge in [-0.05, 0) is 50.3 Å². The molecule has 27 heavy (non-hydrogen) atoms. The third-order valence-corrected chi connectivity index (χ3v) is 4.36. The number of thiocarbonyl (C=S) groups is 1. The van der Waals surface area contributed by atoms with Crippen LogP contribution in [0.3, 0.4) is 0 Å². The summed E-state index contributed by atoms with van der Waals surface area (Å²) in [6.45, 7) is 4.68. The van der Waals surface area contributed by atoms with Gasteiger partial charge in [0.15, 0.2) is 11.3 Å². The summed E-state index contributed by atoms with van der Waals surface area (Å²) in [6, 6.07) is 6.03. The number of nitrogens with one attached hydrogen (secondary N) is 3. The molecule has 1 aromatic carbocycles. The van der Waals surface area contributed by atoms with E-state index in [9.17, 15) is 9.59 Å². The van der Waals surface area contributed by atoms with Gasteiger partial charge in [-0.15, -0.1) is 0 Å². The van der Waals surface area contributed by atoms with Crippen LogP contribution in [0.25, 0.3) is 0 Å². The molecule has 0 heterocycles. The van der Waals surface area contributed by atoms with Crippen molar-refractivity contribution in [2.45, 2.75) is 23.8 Å². The summed E-state index contributed by atoms with van der Waals surface area (Å²) >= 11 is 23.1. The topological polar surface area (TPSA) is 82.7 Å². The Balaban J connectivity index is 2.77. The fourth-order valence-electron chi connectivity index (χ4n) is 2.03. The highest BCUT2D eigenvalue weighted by molar-refractivity contribution is 7.80. The quantitative estimate of drug-likeness (QED) is 0.263. The molecule has 1 rings (SSSR count). The lowest BCUT2D eigenvalue weighted by molar-refractivity contribution is 0.0600. The van der Waals surface area contributed by atoms with Gasteiger partial charge in [0.25, 0.3) is 0 Å². The van der Waals surface area contributed by atoms with Crippen molar-refractivity contribution >= 4 is 69.8 Å². The Morgan fingerprint density at radius 1 is 1.15 bits per heavy atom. The second kappa shape index (κ2) is 10.8. The summed E-state index contributed by atoms with van der Waals surface area (Å²) in [5, 5.41) is 8.37. The molecule has 0 fully saturated rings. The van der Waals surface area contributed by atoms with Gasteiger partial charge in [-0.25, -0.2) is 9.59 Å². The van der Waals surface area contributed by atoms with Gasteiger partial charge in [-0.2, -0.15) is 0 Å². The highest BCUT2D eigenvalue weighted by atomic mass is 35.6. The minimum Gasteiger partial charge on any atom is -0.465 e. The largest absolute Gasteiger partial charge is 0.465 e. The molecule has 0 radical (unpaired) electrons. The lowest BCUT2D eigenvalue weighted by Crippen LogP contribution is -2.58. The second-order valence-electron chi connectivity index (χ2n) is 5.26. The van der Waals surface area contributed by atoms with Gasteiger partial charge >= 0.3 is 12.0 Å². The van der Waals surface area contributed by atoms with Crippen LogP contribution in [0.4, 0.5) is 10.5 Å². The van der Waals surface area contributed by atoms with Gasteiger partial charge in [0.05, 0.1) is 12.7 Å². The van der Waals surface area contributed by atoms with E-state index in [1.165, 1.54) is 12.0 Å². The summed E-state index contributed by atoms with van der Waals surface area (Å²) in [5.74, 6) is -0.447. The molecule has 0 aliphatic rings. The Morgan fingerprint density at radius 3 is 2.15 bits per heavy atom. The average Bonchev–Trinajstić information content (AvgIpc) is 2.61. The van der Waals surface area contributed by atoms with E-state index >= 15 is 0 Å². The van der Waals surface area contributed by atoms with Crippen LogP contribution >= 0.6 is 47.0 Å². The number of hydrogen-bond acceptors (Lipinski definition) is 4. The first-order valence-corrected chi connectivity index (χ1v) is 9.54. The van der Waals surface area contributed by atoms with Gasteiger partial charge < -0.3 is 25.6 Å². The van der Waals surface area contributed by atoms with E-state index in [2.05, 4.69) is 20.7 Å². The van der Waals surface area contributed by atoms with Crippen molar-refractivity contribution in [3.05, 3.63) is 29.8 Å². The van der Waals surface area contributed by atoms with Crippen molar-refractivity contribution in [1.82, 2.24) is 15.5 Å². The van der Waals surface area contributed by atoms with Crippen LogP contribution < -0.4 is 16.0 Å². The molecule has 1 atom stereocenters. The zero-order valence-corrected chi connectivity index (χ0v) is 18.1. The fourth-order valence-corrected chi connectivity index (χ4v) is 2.59. The number of carbonyl (C=O) groups is 2. The molecule has 0 saturated carbocycles. The van der Waals surface area contributed by atoms with Crippen LogP contribution in [0.5, 0.6) is 0 Å². The maximum atomic E-state index is 12.2. The number of urea groups is 1. The summed E-state index contributed by atoms with van der Waals surface area (Å²) in [6.07, 6.45) is -1.06. The summed E-state index contributed by atoms with van der Waals surface area (Å²) in [4.78, 5) is 25.2. The maximum absolute atomic E-state index is 12.2. The Hall–Kier alpha value is -1.48. The van der Waals surface area contributed by atoms with Gasteiger partial charge in [-0.3, -0.25) is 0 Å². The van der Waals surface area contributed by atoms with E-state index in [0.29, 0.717) is 24.3 Å².